The lowest BCUT2D eigenvalue weighted by atomic mass is 10.1. The number of alkyl halides is 3. The minimum atomic E-state index is -4.39. The van der Waals surface area contributed by atoms with Crippen molar-refractivity contribution in [3.8, 4) is 17.3 Å². The van der Waals surface area contributed by atoms with E-state index in [0.717, 1.165) is 16.6 Å². The van der Waals surface area contributed by atoms with Crippen LogP contribution in [0.15, 0.2) is 30.3 Å². The number of aromatic hydroxyl groups is 1. The zero-order valence-corrected chi connectivity index (χ0v) is 10.8. The van der Waals surface area contributed by atoms with Crippen LogP contribution in [0.3, 0.4) is 0 Å². The molecule has 0 fully saturated rings. The van der Waals surface area contributed by atoms with Crippen LogP contribution in [0, 0.1) is 6.92 Å². The molecule has 2 heterocycles. The van der Waals surface area contributed by atoms with Crippen molar-refractivity contribution >= 4 is 5.65 Å². The number of halogens is 3. The first kappa shape index (κ1) is 13.3. The van der Waals surface area contributed by atoms with Crippen molar-refractivity contribution < 1.29 is 18.3 Å². The van der Waals surface area contributed by atoms with E-state index < -0.39 is 11.7 Å². The molecule has 108 valence electrons. The number of aryl methyl sites for hydroxylation is 1. The Hall–Kier alpha value is -2.64. The van der Waals surface area contributed by atoms with Gasteiger partial charge in [0.2, 0.25) is 0 Å². The van der Waals surface area contributed by atoms with Crippen LogP contribution in [0.1, 0.15) is 11.4 Å². The highest BCUT2D eigenvalue weighted by Crippen LogP contribution is 2.31. The normalized spacial score (nSPS) is 12.0. The average molecular weight is 294 g/mol. The predicted molar refractivity (Wildman–Crippen MR) is 67.6 cm³/mol. The zero-order valence-electron chi connectivity index (χ0n) is 10.8. The summed E-state index contributed by atoms with van der Waals surface area (Å²) < 4.78 is 38.7. The maximum absolute atomic E-state index is 12.5. The van der Waals surface area contributed by atoms with Crippen LogP contribution >= 0.6 is 0 Å². The van der Waals surface area contributed by atoms with Crippen molar-refractivity contribution in [2.75, 3.05) is 0 Å². The quantitative estimate of drug-likeness (QED) is 0.749. The Morgan fingerprint density at radius 2 is 1.76 bits per heavy atom. The van der Waals surface area contributed by atoms with Crippen molar-refractivity contribution in [1.29, 1.82) is 0 Å². The van der Waals surface area contributed by atoms with E-state index in [0.29, 0.717) is 22.7 Å². The van der Waals surface area contributed by atoms with E-state index in [4.69, 9.17) is 0 Å². The van der Waals surface area contributed by atoms with Crippen molar-refractivity contribution in [1.82, 2.24) is 19.6 Å². The van der Waals surface area contributed by atoms with Gasteiger partial charge in [-0.3, -0.25) is 0 Å². The Balaban J connectivity index is 2.08. The first-order valence-corrected chi connectivity index (χ1v) is 5.95. The molecule has 2 aromatic heterocycles. The summed E-state index contributed by atoms with van der Waals surface area (Å²) in [5.74, 6) is 0.455. The average Bonchev–Trinajstić information content (AvgIpc) is 2.79. The van der Waals surface area contributed by atoms with E-state index in [1.807, 2.05) is 0 Å². The summed E-state index contributed by atoms with van der Waals surface area (Å²) in [4.78, 5) is 8.00. The van der Waals surface area contributed by atoms with E-state index in [1.54, 1.807) is 13.0 Å². The molecule has 3 rings (SSSR count). The standard InChI is InChI=1S/C13H9F3N4O/c1-7-17-11-6-10(18-12(21)20(11)19-7)8-2-4-9(5-3-8)13(14,15)16/h2-6H,1H3,(H,18,21). The third-order valence-electron chi connectivity index (χ3n) is 2.92. The summed E-state index contributed by atoms with van der Waals surface area (Å²) in [6, 6.07) is 5.69. The van der Waals surface area contributed by atoms with E-state index >= 15 is 0 Å². The molecule has 5 nitrogen and oxygen atoms in total. The van der Waals surface area contributed by atoms with Crippen LogP contribution in [0.4, 0.5) is 13.2 Å². The van der Waals surface area contributed by atoms with E-state index in [-0.39, 0.29) is 6.01 Å². The highest BCUT2D eigenvalue weighted by molar-refractivity contribution is 5.64. The lowest BCUT2D eigenvalue weighted by Crippen LogP contribution is -2.04. The van der Waals surface area contributed by atoms with Gasteiger partial charge in [-0.05, 0) is 19.1 Å². The second-order valence-electron chi connectivity index (χ2n) is 4.45. The molecular formula is C13H9F3N4O. The number of hydrogen-bond donors (Lipinski definition) is 1. The highest BCUT2D eigenvalue weighted by atomic mass is 19.4. The predicted octanol–water partition coefficient (Wildman–Crippen LogP) is 2.82. The van der Waals surface area contributed by atoms with Crippen molar-refractivity contribution in [3.63, 3.8) is 0 Å². The molecule has 1 aromatic carbocycles. The van der Waals surface area contributed by atoms with Gasteiger partial charge in [-0.2, -0.15) is 22.7 Å². The molecule has 8 heteroatoms. The molecular weight excluding hydrogens is 285 g/mol. The van der Waals surface area contributed by atoms with Crippen LogP contribution in [0.25, 0.3) is 16.9 Å². The summed E-state index contributed by atoms with van der Waals surface area (Å²) in [6.45, 7) is 1.66. The lowest BCUT2D eigenvalue weighted by molar-refractivity contribution is -0.137. The first-order valence-electron chi connectivity index (χ1n) is 5.95. The van der Waals surface area contributed by atoms with E-state index in [1.165, 1.54) is 12.1 Å². The third kappa shape index (κ3) is 2.39. The number of benzene rings is 1. The van der Waals surface area contributed by atoms with Gasteiger partial charge in [0.15, 0.2) is 5.65 Å². The minimum Gasteiger partial charge on any atom is -0.479 e. The number of hydrogen-bond acceptors (Lipinski definition) is 4. The molecule has 0 bridgehead atoms. The fourth-order valence-corrected chi connectivity index (χ4v) is 1.96. The topological polar surface area (TPSA) is 63.3 Å². The maximum Gasteiger partial charge on any atom is 0.416 e. The third-order valence-corrected chi connectivity index (χ3v) is 2.92. The van der Waals surface area contributed by atoms with E-state index in [9.17, 15) is 18.3 Å². The zero-order chi connectivity index (χ0) is 15.2. The molecule has 0 radical (unpaired) electrons. The van der Waals surface area contributed by atoms with E-state index in [2.05, 4.69) is 15.1 Å². The molecule has 3 aromatic rings. The molecule has 0 aliphatic heterocycles. The molecule has 1 N–H and O–H groups in total. The van der Waals surface area contributed by atoms with Crippen molar-refractivity contribution in [2.24, 2.45) is 0 Å². The molecule has 0 saturated heterocycles. The molecule has 0 amide bonds. The van der Waals surface area contributed by atoms with Crippen LogP contribution in [0.5, 0.6) is 6.01 Å². The summed E-state index contributed by atoms with van der Waals surface area (Å²) in [5, 5.41) is 13.7. The fraction of sp³-hybridized carbons (Fsp3) is 0.154. The summed E-state index contributed by atoms with van der Waals surface area (Å²) >= 11 is 0. The number of fused-ring (bicyclic) bond motifs is 1. The van der Waals surface area contributed by atoms with Crippen molar-refractivity contribution in [3.05, 3.63) is 41.7 Å². The Bertz CT molecular complexity index is 809. The van der Waals surface area contributed by atoms with Crippen LogP contribution in [-0.4, -0.2) is 24.7 Å². The Kier molecular flexibility index (Phi) is 2.82. The minimum absolute atomic E-state index is 0.320. The molecule has 0 unspecified atom stereocenters. The van der Waals surface area contributed by atoms with Gasteiger partial charge in [0, 0.05) is 11.6 Å². The molecule has 0 aliphatic carbocycles. The number of nitrogens with zero attached hydrogens (tertiary/aromatic N) is 4. The number of rotatable bonds is 1. The van der Waals surface area contributed by atoms with Crippen molar-refractivity contribution in [2.45, 2.75) is 13.1 Å². The summed E-state index contributed by atoms with van der Waals surface area (Å²) in [5.41, 5.74) is 0.396. The summed E-state index contributed by atoms with van der Waals surface area (Å²) in [6.07, 6.45) is -4.39. The number of aromatic nitrogens is 4. The monoisotopic (exact) mass is 294 g/mol. The SMILES string of the molecule is Cc1nc2cc(-c3ccc(C(F)(F)F)cc3)nc(O)n2n1. The molecule has 0 spiro atoms. The summed E-state index contributed by atoms with van der Waals surface area (Å²) in [7, 11) is 0. The van der Waals surface area contributed by atoms with Gasteiger partial charge in [-0.15, -0.1) is 5.10 Å². The first-order chi connectivity index (χ1) is 9.84. The van der Waals surface area contributed by atoms with Gasteiger partial charge >= 0.3 is 12.2 Å². The maximum atomic E-state index is 12.5. The molecule has 0 aliphatic rings. The molecule has 0 atom stereocenters. The van der Waals surface area contributed by atoms with Crippen LogP contribution < -0.4 is 0 Å². The second kappa shape index (κ2) is 4.44. The van der Waals surface area contributed by atoms with Gasteiger partial charge < -0.3 is 5.11 Å². The fourth-order valence-electron chi connectivity index (χ4n) is 1.96. The highest BCUT2D eigenvalue weighted by Gasteiger charge is 2.30. The van der Waals surface area contributed by atoms with Gasteiger partial charge in [0.25, 0.3) is 0 Å². The lowest BCUT2D eigenvalue weighted by Gasteiger charge is -2.07. The molecule has 0 saturated carbocycles. The Labute approximate surface area is 116 Å². The van der Waals surface area contributed by atoms with Crippen LogP contribution in [0.2, 0.25) is 0 Å². The Morgan fingerprint density at radius 1 is 1.10 bits per heavy atom. The van der Waals surface area contributed by atoms with Gasteiger partial charge in [-0.25, -0.2) is 4.98 Å². The van der Waals surface area contributed by atoms with Gasteiger partial charge in [-0.1, -0.05) is 12.1 Å². The smallest absolute Gasteiger partial charge is 0.416 e. The second-order valence-corrected chi connectivity index (χ2v) is 4.45. The Morgan fingerprint density at radius 3 is 2.38 bits per heavy atom. The van der Waals surface area contributed by atoms with Crippen LogP contribution in [-0.2, 0) is 6.18 Å². The van der Waals surface area contributed by atoms with Gasteiger partial charge in [0.05, 0.1) is 11.3 Å². The van der Waals surface area contributed by atoms with Gasteiger partial charge in [0.1, 0.15) is 5.82 Å². The largest absolute Gasteiger partial charge is 0.479 e. The molecule has 21 heavy (non-hydrogen) atoms.